The summed E-state index contributed by atoms with van der Waals surface area (Å²) in [4.78, 5) is 4.55. The molecule has 3 nitrogen and oxygen atoms in total. The van der Waals surface area contributed by atoms with Gasteiger partial charge >= 0.3 is 0 Å². The van der Waals surface area contributed by atoms with Crippen molar-refractivity contribution in [3.63, 3.8) is 0 Å². The van der Waals surface area contributed by atoms with Crippen LogP contribution in [-0.2, 0) is 16.4 Å². The predicted octanol–water partition coefficient (Wildman–Crippen LogP) is 6.12. The van der Waals surface area contributed by atoms with Gasteiger partial charge in [-0.1, -0.05) is 60.6 Å². The Morgan fingerprint density at radius 1 is 0.962 bits per heavy atom. The van der Waals surface area contributed by atoms with E-state index in [4.69, 9.17) is 0 Å². The van der Waals surface area contributed by atoms with Crippen LogP contribution in [0.1, 0.15) is 78.6 Å². The smallest absolute Gasteiger partial charge is 0.142 e. The second-order valence-corrected chi connectivity index (χ2v) is 9.45. The minimum atomic E-state index is -0.357. The summed E-state index contributed by atoms with van der Waals surface area (Å²) in [5.74, 6) is 0.334. The highest BCUT2D eigenvalue weighted by atomic mass is 16.3. The standard InChI is InChI=1S/C23H34N2O/c1-9-23(8,19-12-10-11-13-24-19)25-18-15-16(21(2,3)4)14-17(20(18)26)22(5,6)7/h10-15,25-26H,9H2,1-8H3. The third-order valence-corrected chi connectivity index (χ3v) is 5.13. The van der Waals surface area contributed by atoms with E-state index in [2.05, 4.69) is 77.8 Å². The highest BCUT2D eigenvalue weighted by Crippen LogP contribution is 2.42. The largest absolute Gasteiger partial charge is 0.505 e. The molecular formula is C23H34N2O. The molecule has 0 saturated heterocycles. The van der Waals surface area contributed by atoms with Crippen molar-refractivity contribution in [1.82, 2.24) is 4.98 Å². The van der Waals surface area contributed by atoms with Gasteiger partial charge in [-0.25, -0.2) is 0 Å². The van der Waals surface area contributed by atoms with E-state index >= 15 is 0 Å². The molecule has 3 heteroatoms. The van der Waals surface area contributed by atoms with Gasteiger partial charge in [0.15, 0.2) is 0 Å². The van der Waals surface area contributed by atoms with E-state index in [9.17, 15) is 5.11 Å². The number of benzene rings is 1. The SMILES string of the molecule is CCC(C)(Nc1cc(C(C)(C)C)cc(C(C)(C)C)c1O)c1ccccn1. The first-order valence-corrected chi connectivity index (χ1v) is 9.46. The number of aromatic hydroxyl groups is 1. The van der Waals surface area contributed by atoms with Gasteiger partial charge in [-0.3, -0.25) is 4.98 Å². The number of nitrogens with one attached hydrogen (secondary N) is 1. The maximum absolute atomic E-state index is 11.0. The first kappa shape index (κ1) is 20.3. The molecule has 1 atom stereocenters. The molecule has 1 aromatic heterocycles. The van der Waals surface area contributed by atoms with Gasteiger partial charge in [0.1, 0.15) is 5.75 Å². The van der Waals surface area contributed by atoms with Crippen molar-refractivity contribution in [2.24, 2.45) is 0 Å². The van der Waals surface area contributed by atoms with Gasteiger partial charge in [0, 0.05) is 11.8 Å². The van der Waals surface area contributed by atoms with Gasteiger partial charge in [0.05, 0.1) is 16.9 Å². The Kier molecular flexibility index (Phi) is 5.41. The Morgan fingerprint density at radius 3 is 2.08 bits per heavy atom. The molecule has 0 spiro atoms. The zero-order chi connectivity index (χ0) is 19.8. The summed E-state index contributed by atoms with van der Waals surface area (Å²) in [7, 11) is 0. The molecule has 2 rings (SSSR count). The summed E-state index contributed by atoms with van der Waals surface area (Å²) in [5, 5.41) is 14.6. The van der Waals surface area contributed by atoms with Crippen LogP contribution in [0.25, 0.3) is 0 Å². The van der Waals surface area contributed by atoms with Gasteiger partial charge < -0.3 is 10.4 Å². The molecule has 0 saturated carbocycles. The lowest BCUT2D eigenvalue weighted by Crippen LogP contribution is -2.32. The Labute approximate surface area is 158 Å². The highest BCUT2D eigenvalue weighted by Gasteiger charge is 2.30. The third-order valence-electron chi connectivity index (χ3n) is 5.13. The van der Waals surface area contributed by atoms with Crippen molar-refractivity contribution in [2.75, 3.05) is 5.32 Å². The van der Waals surface area contributed by atoms with Crippen LogP contribution in [0.5, 0.6) is 5.75 Å². The van der Waals surface area contributed by atoms with Crippen molar-refractivity contribution in [1.29, 1.82) is 0 Å². The predicted molar refractivity (Wildman–Crippen MR) is 111 cm³/mol. The summed E-state index contributed by atoms with van der Waals surface area (Å²) < 4.78 is 0. The van der Waals surface area contributed by atoms with E-state index in [1.165, 1.54) is 5.56 Å². The fourth-order valence-electron chi connectivity index (χ4n) is 3.05. The molecule has 0 amide bonds. The summed E-state index contributed by atoms with van der Waals surface area (Å²) >= 11 is 0. The summed E-state index contributed by atoms with van der Waals surface area (Å²) in [6.07, 6.45) is 2.67. The van der Waals surface area contributed by atoms with Crippen LogP contribution in [0.4, 0.5) is 5.69 Å². The number of phenols is 1. The molecule has 142 valence electrons. The van der Waals surface area contributed by atoms with Crippen LogP contribution in [0.2, 0.25) is 0 Å². The summed E-state index contributed by atoms with van der Waals surface area (Å²) in [6.45, 7) is 17.3. The van der Waals surface area contributed by atoms with Gasteiger partial charge in [-0.15, -0.1) is 0 Å². The Bertz CT molecular complexity index is 754. The van der Waals surface area contributed by atoms with Crippen molar-refractivity contribution < 1.29 is 5.11 Å². The van der Waals surface area contributed by atoms with Gasteiger partial charge in [0.2, 0.25) is 0 Å². The molecule has 1 heterocycles. The lowest BCUT2D eigenvalue weighted by Gasteiger charge is -2.33. The lowest BCUT2D eigenvalue weighted by molar-refractivity contribution is 0.439. The van der Waals surface area contributed by atoms with Crippen LogP contribution < -0.4 is 5.32 Å². The van der Waals surface area contributed by atoms with Gasteiger partial charge in [-0.05, 0) is 47.9 Å². The van der Waals surface area contributed by atoms with Crippen molar-refractivity contribution in [3.8, 4) is 5.75 Å². The molecule has 0 aliphatic rings. The topological polar surface area (TPSA) is 45.1 Å². The normalized spacial score (nSPS) is 14.8. The Morgan fingerprint density at radius 2 is 1.62 bits per heavy atom. The number of rotatable bonds is 4. The maximum Gasteiger partial charge on any atom is 0.142 e. The number of hydrogen-bond acceptors (Lipinski definition) is 3. The van der Waals surface area contributed by atoms with Crippen LogP contribution in [0.3, 0.4) is 0 Å². The van der Waals surface area contributed by atoms with Crippen LogP contribution in [0, 0.1) is 0 Å². The van der Waals surface area contributed by atoms with Crippen LogP contribution in [-0.4, -0.2) is 10.1 Å². The van der Waals surface area contributed by atoms with E-state index in [1.807, 2.05) is 24.4 Å². The molecule has 2 aromatic rings. The fourth-order valence-corrected chi connectivity index (χ4v) is 3.05. The third kappa shape index (κ3) is 4.20. The monoisotopic (exact) mass is 354 g/mol. The molecule has 1 unspecified atom stereocenters. The quantitative estimate of drug-likeness (QED) is 0.650. The number of pyridine rings is 1. The highest BCUT2D eigenvalue weighted by molar-refractivity contribution is 5.65. The number of anilines is 1. The number of nitrogens with zero attached hydrogens (tertiary/aromatic N) is 1. The first-order valence-electron chi connectivity index (χ1n) is 9.46. The molecule has 0 fully saturated rings. The minimum absolute atomic E-state index is 0.00224. The van der Waals surface area contributed by atoms with Crippen molar-refractivity contribution in [3.05, 3.63) is 53.3 Å². The number of hydrogen-bond donors (Lipinski definition) is 2. The van der Waals surface area contributed by atoms with Crippen LogP contribution in [0.15, 0.2) is 36.5 Å². The van der Waals surface area contributed by atoms with Crippen molar-refractivity contribution in [2.45, 2.75) is 78.2 Å². The average Bonchev–Trinajstić information content (AvgIpc) is 2.55. The van der Waals surface area contributed by atoms with Gasteiger partial charge in [-0.2, -0.15) is 0 Å². The molecule has 1 aromatic carbocycles. The van der Waals surface area contributed by atoms with Crippen LogP contribution >= 0.6 is 0 Å². The van der Waals surface area contributed by atoms with E-state index < -0.39 is 0 Å². The summed E-state index contributed by atoms with van der Waals surface area (Å²) in [5.41, 5.74) is 3.42. The van der Waals surface area contributed by atoms with Gasteiger partial charge in [0.25, 0.3) is 0 Å². The molecule has 0 aliphatic carbocycles. The molecule has 2 N–H and O–H groups in total. The molecule has 0 bridgehead atoms. The average molecular weight is 355 g/mol. The maximum atomic E-state index is 11.0. The molecular weight excluding hydrogens is 320 g/mol. The fraction of sp³-hybridized carbons (Fsp3) is 0.522. The summed E-state index contributed by atoms with van der Waals surface area (Å²) in [6, 6.07) is 10.2. The zero-order valence-corrected chi connectivity index (χ0v) is 17.6. The van der Waals surface area contributed by atoms with E-state index in [0.29, 0.717) is 5.75 Å². The molecule has 0 aliphatic heterocycles. The van der Waals surface area contributed by atoms with E-state index in [1.54, 1.807) is 0 Å². The second kappa shape index (κ2) is 6.94. The first-order chi connectivity index (χ1) is 11.9. The Balaban J connectivity index is 2.61. The number of phenolic OH excluding ortho intramolecular Hbond substituents is 1. The van der Waals surface area contributed by atoms with E-state index in [0.717, 1.165) is 23.4 Å². The molecule has 26 heavy (non-hydrogen) atoms. The molecule has 0 radical (unpaired) electrons. The lowest BCUT2D eigenvalue weighted by atomic mass is 9.79. The zero-order valence-electron chi connectivity index (χ0n) is 17.6. The second-order valence-electron chi connectivity index (χ2n) is 9.45. The van der Waals surface area contributed by atoms with E-state index in [-0.39, 0.29) is 16.4 Å². The van der Waals surface area contributed by atoms with Crippen molar-refractivity contribution >= 4 is 5.69 Å². The minimum Gasteiger partial charge on any atom is -0.505 e. The number of aromatic nitrogens is 1. The Hall–Kier alpha value is -2.03.